The molecule has 0 aliphatic carbocycles. The predicted octanol–water partition coefficient (Wildman–Crippen LogP) is 5.80. The van der Waals surface area contributed by atoms with Crippen molar-refractivity contribution in [3.8, 4) is 11.5 Å². The third-order valence-corrected chi connectivity index (χ3v) is 4.08. The monoisotopic (exact) mass is 367 g/mol. The van der Waals surface area contributed by atoms with Crippen molar-refractivity contribution in [2.75, 3.05) is 11.9 Å². The van der Waals surface area contributed by atoms with Crippen LogP contribution in [0.1, 0.15) is 12.5 Å². The molecule has 3 aromatic rings. The van der Waals surface area contributed by atoms with E-state index in [1.54, 1.807) is 0 Å². The zero-order valence-corrected chi connectivity index (χ0v) is 15.4. The predicted molar refractivity (Wildman–Crippen MR) is 107 cm³/mol. The molecule has 26 heavy (non-hydrogen) atoms. The molecular weight excluding hydrogens is 346 g/mol. The third kappa shape index (κ3) is 5.71. The van der Waals surface area contributed by atoms with Gasteiger partial charge in [-0.25, -0.2) is 0 Å². The van der Waals surface area contributed by atoms with E-state index >= 15 is 0 Å². The van der Waals surface area contributed by atoms with Gasteiger partial charge in [-0.15, -0.1) is 0 Å². The average Bonchev–Trinajstić information content (AvgIpc) is 2.68. The summed E-state index contributed by atoms with van der Waals surface area (Å²) in [7, 11) is 0. The number of rotatable bonds is 8. The summed E-state index contributed by atoms with van der Waals surface area (Å²) >= 11 is 5.89. The van der Waals surface area contributed by atoms with Crippen molar-refractivity contribution in [1.82, 2.24) is 0 Å². The Balaban J connectivity index is 1.49. The minimum atomic E-state index is 0.0186. The molecule has 3 aromatic carbocycles. The molecule has 0 bridgehead atoms. The molecule has 0 saturated carbocycles. The third-order valence-electron chi connectivity index (χ3n) is 3.83. The largest absolute Gasteiger partial charge is 0.489 e. The number of nitrogens with one attached hydrogen (secondary N) is 1. The molecule has 0 aliphatic heterocycles. The Bertz CT molecular complexity index is 806. The van der Waals surface area contributed by atoms with E-state index in [2.05, 4.69) is 17.4 Å². The Morgan fingerprint density at radius 3 is 2.42 bits per heavy atom. The summed E-state index contributed by atoms with van der Waals surface area (Å²) in [5, 5.41) is 4.09. The second kappa shape index (κ2) is 9.16. The summed E-state index contributed by atoms with van der Waals surface area (Å²) in [5.74, 6) is 1.65. The molecule has 0 heterocycles. The van der Waals surface area contributed by atoms with Gasteiger partial charge >= 0.3 is 0 Å². The zero-order chi connectivity index (χ0) is 18.2. The van der Waals surface area contributed by atoms with E-state index < -0.39 is 0 Å². The van der Waals surface area contributed by atoms with Crippen LogP contribution in [-0.4, -0.2) is 12.6 Å². The van der Waals surface area contributed by atoms with Crippen molar-refractivity contribution in [3.63, 3.8) is 0 Å². The van der Waals surface area contributed by atoms with Crippen LogP contribution in [-0.2, 0) is 6.61 Å². The van der Waals surface area contributed by atoms with Gasteiger partial charge in [0, 0.05) is 16.8 Å². The Labute approximate surface area is 159 Å². The lowest BCUT2D eigenvalue weighted by molar-refractivity contribution is 0.234. The number of hydrogen-bond acceptors (Lipinski definition) is 3. The smallest absolute Gasteiger partial charge is 0.121 e. The molecule has 4 heteroatoms. The molecule has 0 amide bonds. The Hall–Kier alpha value is -2.65. The summed E-state index contributed by atoms with van der Waals surface area (Å²) < 4.78 is 11.7. The fourth-order valence-corrected chi connectivity index (χ4v) is 2.61. The van der Waals surface area contributed by atoms with E-state index in [-0.39, 0.29) is 6.10 Å². The SMILES string of the molecule is CC(CNc1cccc(OCc2ccccc2)c1)Oc1ccc(Cl)cc1. The minimum absolute atomic E-state index is 0.0186. The lowest BCUT2D eigenvalue weighted by Crippen LogP contribution is -2.22. The summed E-state index contributed by atoms with van der Waals surface area (Å²) in [6, 6.07) is 25.5. The first-order valence-corrected chi connectivity index (χ1v) is 9.00. The summed E-state index contributed by atoms with van der Waals surface area (Å²) in [6.07, 6.45) is 0.0186. The molecular formula is C22H22ClNO2. The lowest BCUT2D eigenvalue weighted by atomic mass is 10.2. The number of anilines is 1. The van der Waals surface area contributed by atoms with Gasteiger partial charge in [0.25, 0.3) is 0 Å². The van der Waals surface area contributed by atoms with Crippen LogP contribution in [0.2, 0.25) is 5.02 Å². The van der Waals surface area contributed by atoms with Gasteiger partial charge in [-0.1, -0.05) is 48.0 Å². The van der Waals surface area contributed by atoms with Gasteiger partial charge in [0.05, 0.1) is 6.54 Å². The second-order valence-corrected chi connectivity index (χ2v) is 6.50. The highest BCUT2D eigenvalue weighted by Gasteiger charge is 2.05. The molecule has 3 rings (SSSR count). The molecule has 134 valence electrons. The first kappa shape index (κ1) is 18.2. The van der Waals surface area contributed by atoms with Crippen molar-refractivity contribution in [2.45, 2.75) is 19.6 Å². The molecule has 0 aliphatic rings. The molecule has 0 spiro atoms. The molecule has 1 N–H and O–H groups in total. The van der Waals surface area contributed by atoms with Crippen LogP contribution < -0.4 is 14.8 Å². The summed E-state index contributed by atoms with van der Waals surface area (Å²) in [5.41, 5.74) is 2.15. The van der Waals surface area contributed by atoms with Gasteiger partial charge in [-0.2, -0.15) is 0 Å². The molecule has 0 aromatic heterocycles. The van der Waals surface area contributed by atoms with Crippen LogP contribution in [0.3, 0.4) is 0 Å². The molecule has 3 nitrogen and oxygen atoms in total. The van der Waals surface area contributed by atoms with Gasteiger partial charge in [0.2, 0.25) is 0 Å². The fourth-order valence-electron chi connectivity index (χ4n) is 2.49. The highest BCUT2D eigenvalue weighted by Crippen LogP contribution is 2.20. The van der Waals surface area contributed by atoms with Crippen LogP contribution in [0.15, 0.2) is 78.9 Å². The quantitative estimate of drug-likeness (QED) is 0.546. The van der Waals surface area contributed by atoms with Crippen LogP contribution >= 0.6 is 11.6 Å². The number of halogens is 1. The van der Waals surface area contributed by atoms with E-state index in [4.69, 9.17) is 21.1 Å². The highest BCUT2D eigenvalue weighted by atomic mass is 35.5. The molecule has 0 saturated heterocycles. The molecule has 1 unspecified atom stereocenters. The molecule has 0 radical (unpaired) electrons. The second-order valence-electron chi connectivity index (χ2n) is 6.07. The van der Waals surface area contributed by atoms with Crippen molar-refractivity contribution < 1.29 is 9.47 Å². The molecule has 1 atom stereocenters. The molecule has 0 fully saturated rings. The maximum atomic E-state index is 5.89. The lowest BCUT2D eigenvalue weighted by Gasteiger charge is -2.16. The van der Waals surface area contributed by atoms with Crippen LogP contribution in [0.25, 0.3) is 0 Å². The maximum Gasteiger partial charge on any atom is 0.121 e. The standard InChI is InChI=1S/C22H22ClNO2/c1-17(26-21-12-10-19(23)11-13-21)15-24-20-8-5-9-22(14-20)25-16-18-6-3-2-4-7-18/h2-14,17,24H,15-16H2,1H3. The normalized spacial score (nSPS) is 11.6. The first-order valence-electron chi connectivity index (χ1n) is 8.62. The van der Waals surface area contributed by atoms with Crippen LogP contribution in [0.4, 0.5) is 5.69 Å². The Morgan fingerprint density at radius 2 is 1.65 bits per heavy atom. The van der Waals surface area contributed by atoms with Crippen molar-refractivity contribution in [3.05, 3.63) is 89.4 Å². The van der Waals surface area contributed by atoms with E-state index in [1.165, 1.54) is 0 Å². The fraction of sp³-hybridized carbons (Fsp3) is 0.182. The number of benzene rings is 3. The van der Waals surface area contributed by atoms with E-state index in [1.807, 2.05) is 73.7 Å². The van der Waals surface area contributed by atoms with E-state index in [0.29, 0.717) is 18.2 Å². The van der Waals surface area contributed by atoms with E-state index in [0.717, 1.165) is 22.7 Å². The first-order chi connectivity index (χ1) is 12.7. The van der Waals surface area contributed by atoms with Crippen LogP contribution in [0.5, 0.6) is 11.5 Å². The average molecular weight is 368 g/mol. The topological polar surface area (TPSA) is 30.5 Å². The zero-order valence-electron chi connectivity index (χ0n) is 14.7. The number of hydrogen-bond donors (Lipinski definition) is 1. The summed E-state index contributed by atoms with van der Waals surface area (Å²) in [6.45, 7) is 3.27. The van der Waals surface area contributed by atoms with Crippen molar-refractivity contribution in [1.29, 1.82) is 0 Å². The maximum absolute atomic E-state index is 5.89. The van der Waals surface area contributed by atoms with Crippen molar-refractivity contribution >= 4 is 17.3 Å². The summed E-state index contributed by atoms with van der Waals surface area (Å²) in [4.78, 5) is 0. The van der Waals surface area contributed by atoms with Gasteiger partial charge < -0.3 is 14.8 Å². The Kier molecular flexibility index (Phi) is 6.39. The van der Waals surface area contributed by atoms with Gasteiger partial charge in [-0.05, 0) is 48.9 Å². The van der Waals surface area contributed by atoms with Gasteiger partial charge in [-0.3, -0.25) is 0 Å². The Morgan fingerprint density at radius 1 is 0.885 bits per heavy atom. The van der Waals surface area contributed by atoms with E-state index in [9.17, 15) is 0 Å². The van der Waals surface area contributed by atoms with Gasteiger partial charge in [0.15, 0.2) is 0 Å². The van der Waals surface area contributed by atoms with Crippen molar-refractivity contribution in [2.24, 2.45) is 0 Å². The number of ether oxygens (including phenoxy) is 2. The van der Waals surface area contributed by atoms with Crippen LogP contribution in [0, 0.1) is 0 Å². The minimum Gasteiger partial charge on any atom is -0.489 e. The van der Waals surface area contributed by atoms with Gasteiger partial charge in [0.1, 0.15) is 24.2 Å². The highest BCUT2D eigenvalue weighted by molar-refractivity contribution is 6.30.